The molecule has 0 spiro atoms. The van der Waals surface area contributed by atoms with Gasteiger partial charge in [0.15, 0.2) is 0 Å². The Morgan fingerprint density at radius 2 is 2.05 bits per heavy atom. The van der Waals surface area contributed by atoms with Crippen molar-refractivity contribution >= 4 is 17.9 Å². The minimum absolute atomic E-state index is 0.0271. The summed E-state index contributed by atoms with van der Waals surface area (Å²) in [6.45, 7) is 0.864. The summed E-state index contributed by atoms with van der Waals surface area (Å²) in [6, 6.07) is -1.55. The molecule has 8 heteroatoms. The molecule has 0 bridgehead atoms. The highest BCUT2D eigenvalue weighted by molar-refractivity contribution is 5.90. The molecule has 3 amide bonds. The highest BCUT2D eigenvalue weighted by Gasteiger charge is 2.35. The van der Waals surface area contributed by atoms with Crippen LogP contribution in [-0.2, 0) is 14.3 Å². The van der Waals surface area contributed by atoms with E-state index in [0.717, 1.165) is 4.90 Å². The molecule has 19 heavy (non-hydrogen) atoms. The van der Waals surface area contributed by atoms with E-state index in [1.807, 2.05) is 0 Å². The first-order valence-corrected chi connectivity index (χ1v) is 6.22. The molecule has 106 valence electrons. The molecule has 1 atom stereocenters. The molecule has 2 fully saturated rings. The van der Waals surface area contributed by atoms with Crippen LogP contribution >= 0.6 is 0 Å². The molecule has 0 radical (unpaired) electrons. The normalized spacial score (nSPS) is 24.7. The van der Waals surface area contributed by atoms with Crippen molar-refractivity contribution in [3.8, 4) is 0 Å². The van der Waals surface area contributed by atoms with E-state index in [0.29, 0.717) is 26.1 Å². The summed E-state index contributed by atoms with van der Waals surface area (Å²) in [4.78, 5) is 35.5. The molecule has 0 aliphatic carbocycles. The Bertz CT molecular complexity index is 381. The van der Waals surface area contributed by atoms with Crippen LogP contribution in [0.25, 0.3) is 0 Å². The Labute approximate surface area is 110 Å². The summed E-state index contributed by atoms with van der Waals surface area (Å²) >= 11 is 0. The maximum Gasteiger partial charge on any atom is 0.328 e. The molecule has 3 N–H and O–H groups in total. The largest absolute Gasteiger partial charge is 0.480 e. The predicted molar refractivity (Wildman–Crippen MR) is 63.5 cm³/mol. The average Bonchev–Trinajstić information content (AvgIpc) is 2.39. The number of amides is 3. The number of carboxylic acid groups (broad SMARTS) is 1. The van der Waals surface area contributed by atoms with E-state index < -0.39 is 18.0 Å². The van der Waals surface area contributed by atoms with Crippen LogP contribution in [0.4, 0.5) is 4.79 Å². The molecule has 2 aliphatic heterocycles. The number of carbonyl (C=O) groups excluding carboxylic acids is 2. The van der Waals surface area contributed by atoms with Gasteiger partial charge in [-0.25, -0.2) is 9.59 Å². The van der Waals surface area contributed by atoms with E-state index in [9.17, 15) is 14.4 Å². The van der Waals surface area contributed by atoms with Crippen molar-refractivity contribution in [2.45, 2.75) is 24.9 Å². The smallest absolute Gasteiger partial charge is 0.328 e. The van der Waals surface area contributed by atoms with E-state index in [2.05, 4.69) is 10.6 Å². The summed E-state index contributed by atoms with van der Waals surface area (Å²) in [5, 5.41) is 14.3. The van der Waals surface area contributed by atoms with E-state index in [-0.39, 0.29) is 25.0 Å². The number of rotatable bonds is 2. The molecule has 0 saturated carbocycles. The van der Waals surface area contributed by atoms with Gasteiger partial charge in [-0.1, -0.05) is 0 Å². The fourth-order valence-electron chi connectivity index (χ4n) is 2.17. The Balaban J connectivity index is 1.97. The quantitative estimate of drug-likeness (QED) is 0.582. The first-order valence-electron chi connectivity index (χ1n) is 6.22. The minimum Gasteiger partial charge on any atom is -0.480 e. The second-order valence-electron chi connectivity index (χ2n) is 4.62. The van der Waals surface area contributed by atoms with E-state index >= 15 is 0 Å². The zero-order valence-corrected chi connectivity index (χ0v) is 10.4. The van der Waals surface area contributed by atoms with Crippen LogP contribution in [0.2, 0.25) is 0 Å². The topological polar surface area (TPSA) is 108 Å². The lowest BCUT2D eigenvalue weighted by Gasteiger charge is -2.34. The zero-order valence-electron chi connectivity index (χ0n) is 10.4. The Morgan fingerprint density at radius 1 is 1.37 bits per heavy atom. The van der Waals surface area contributed by atoms with Crippen LogP contribution in [0.15, 0.2) is 0 Å². The molecule has 2 aliphatic rings. The monoisotopic (exact) mass is 271 g/mol. The number of hydrogen-bond acceptors (Lipinski definition) is 4. The number of hydrogen-bond donors (Lipinski definition) is 3. The van der Waals surface area contributed by atoms with Crippen LogP contribution in [0.5, 0.6) is 0 Å². The lowest BCUT2D eigenvalue weighted by atomic mass is 10.1. The van der Waals surface area contributed by atoms with Crippen LogP contribution in [0.3, 0.4) is 0 Å². The van der Waals surface area contributed by atoms with Gasteiger partial charge in [0, 0.05) is 25.8 Å². The summed E-state index contributed by atoms with van der Waals surface area (Å²) in [5.74, 6) is -1.47. The molecular formula is C11H17N3O5. The molecule has 0 aromatic rings. The maximum absolute atomic E-state index is 12.1. The Morgan fingerprint density at radius 3 is 2.68 bits per heavy atom. The first-order chi connectivity index (χ1) is 9.08. The predicted octanol–water partition coefficient (Wildman–Crippen LogP) is -1.24. The average molecular weight is 271 g/mol. The lowest BCUT2D eigenvalue weighted by molar-refractivity contribution is -0.144. The number of aliphatic carboxylic acids is 1. The summed E-state index contributed by atoms with van der Waals surface area (Å²) in [5.41, 5.74) is 0. The minimum atomic E-state index is -1.12. The fourth-order valence-corrected chi connectivity index (χ4v) is 2.17. The fraction of sp³-hybridized carbons (Fsp3) is 0.727. The van der Waals surface area contributed by atoms with E-state index in [4.69, 9.17) is 9.84 Å². The third-order valence-corrected chi connectivity index (χ3v) is 3.28. The Hall–Kier alpha value is -1.83. The van der Waals surface area contributed by atoms with Crippen LogP contribution in [0, 0.1) is 0 Å². The molecule has 2 rings (SSSR count). The SMILES string of the molecule is O=C1CN(C(=O)NC2CCOCC2)C(C(=O)O)CN1. The molecule has 8 nitrogen and oxygen atoms in total. The van der Waals surface area contributed by atoms with Crippen molar-refractivity contribution < 1.29 is 24.2 Å². The van der Waals surface area contributed by atoms with Gasteiger partial charge in [-0.15, -0.1) is 0 Å². The number of piperazine rings is 1. The van der Waals surface area contributed by atoms with Crippen molar-refractivity contribution in [1.29, 1.82) is 0 Å². The number of carbonyl (C=O) groups is 3. The number of nitrogens with one attached hydrogen (secondary N) is 2. The van der Waals surface area contributed by atoms with Gasteiger partial charge in [-0.3, -0.25) is 9.69 Å². The first kappa shape index (κ1) is 13.6. The van der Waals surface area contributed by atoms with Gasteiger partial charge < -0.3 is 20.5 Å². The molecule has 0 aromatic carbocycles. The highest BCUT2D eigenvalue weighted by atomic mass is 16.5. The van der Waals surface area contributed by atoms with Crippen LogP contribution in [-0.4, -0.2) is 66.3 Å². The third-order valence-electron chi connectivity index (χ3n) is 3.28. The van der Waals surface area contributed by atoms with Crippen LogP contribution in [0.1, 0.15) is 12.8 Å². The van der Waals surface area contributed by atoms with Crippen molar-refractivity contribution in [1.82, 2.24) is 15.5 Å². The van der Waals surface area contributed by atoms with Crippen molar-refractivity contribution in [2.75, 3.05) is 26.3 Å². The van der Waals surface area contributed by atoms with Crippen molar-refractivity contribution in [3.63, 3.8) is 0 Å². The third kappa shape index (κ3) is 3.34. The van der Waals surface area contributed by atoms with E-state index in [1.54, 1.807) is 0 Å². The van der Waals surface area contributed by atoms with Gasteiger partial charge >= 0.3 is 12.0 Å². The highest BCUT2D eigenvalue weighted by Crippen LogP contribution is 2.09. The van der Waals surface area contributed by atoms with Crippen LogP contribution < -0.4 is 10.6 Å². The molecule has 2 saturated heterocycles. The Kier molecular flexibility index (Phi) is 4.20. The second-order valence-corrected chi connectivity index (χ2v) is 4.62. The lowest BCUT2D eigenvalue weighted by Crippen LogP contribution is -2.62. The van der Waals surface area contributed by atoms with Gasteiger partial charge in [0.25, 0.3) is 0 Å². The summed E-state index contributed by atoms with van der Waals surface area (Å²) < 4.78 is 5.18. The standard InChI is InChI=1S/C11H17N3O5/c15-9-6-14(8(5-12-9)10(16)17)11(18)13-7-1-3-19-4-2-7/h7-8H,1-6H2,(H,12,15)(H,13,18)(H,16,17). The van der Waals surface area contributed by atoms with Crippen molar-refractivity contribution in [3.05, 3.63) is 0 Å². The maximum atomic E-state index is 12.1. The van der Waals surface area contributed by atoms with Gasteiger partial charge in [-0.05, 0) is 12.8 Å². The van der Waals surface area contributed by atoms with Gasteiger partial charge in [0.2, 0.25) is 5.91 Å². The molecule has 1 unspecified atom stereocenters. The summed E-state index contributed by atoms with van der Waals surface area (Å²) in [6.07, 6.45) is 1.40. The second kappa shape index (κ2) is 5.87. The number of urea groups is 1. The molecular weight excluding hydrogens is 254 g/mol. The number of carboxylic acids is 1. The zero-order chi connectivity index (χ0) is 13.8. The van der Waals surface area contributed by atoms with E-state index in [1.165, 1.54) is 0 Å². The number of nitrogens with zero attached hydrogens (tertiary/aromatic N) is 1. The number of ether oxygens (including phenoxy) is 1. The van der Waals surface area contributed by atoms with Gasteiger partial charge in [-0.2, -0.15) is 0 Å². The molecule has 2 heterocycles. The van der Waals surface area contributed by atoms with Gasteiger partial charge in [0.05, 0.1) is 0 Å². The molecule has 0 aromatic heterocycles. The summed E-state index contributed by atoms with van der Waals surface area (Å²) in [7, 11) is 0. The van der Waals surface area contributed by atoms with Crippen molar-refractivity contribution in [2.24, 2.45) is 0 Å². The van der Waals surface area contributed by atoms with Gasteiger partial charge in [0.1, 0.15) is 12.6 Å².